The highest BCUT2D eigenvalue weighted by molar-refractivity contribution is 6.22. The molecule has 0 saturated heterocycles. The second kappa shape index (κ2) is 9.90. The molecule has 3 heterocycles. The summed E-state index contributed by atoms with van der Waals surface area (Å²) in [7, 11) is 0. The summed E-state index contributed by atoms with van der Waals surface area (Å²) in [6.07, 6.45) is 4.05. The van der Waals surface area contributed by atoms with Crippen molar-refractivity contribution in [2.45, 2.75) is 6.92 Å². The third kappa shape index (κ3) is 3.77. The van der Waals surface area contributed by atoms with Crippen molar-refractivity contribution < 1.29 is 0 Å². The van der Waals surface area contributed by atoms with E-state index in [9.17, 15) is 0 Å². The Balaban J connectivity index is 1.31. The normalized spacial score (nSPS) is 11.9. The second-order valence-corrected chi connectivity index (χ2v) is 12.5. The number of hydrogen-bond donors (Lipinski definition) is 0. The summed E-state index contributed by atoms with van der Waals surface area (Å²) in [5.74, 6) is 0. The Morgan fingerprint density at radius 2 is 1.00 bits per heavy atom. The molecule has 0 fully saturated rings. The zero-order chi connectivity index (χ0) is 31.1. The van der Waals surface area contributed by atoms with Crippen LogP contribution in [0.3, 0.4) is 0 Å². The van der Waals surface area contributed by atoms with Crippen LogP contribution in [0, 0.1) is 6.92 Å². The van der Waals surface area contributed by atoms with Crippen LogP contribution >= 0.6 is 0 Å². The highest BCUT2D eigenvalue weighted by Gasteiger charge is 2.18. The van der Waals surface area contributed by atoms with Crippen molar-refractivity contribution in [1.29, 1.82) is 0 Å². The summed E-state index contributed by atoms with van der Waals surface area (Å²) >= 11 is 0. The molecule has 0 unspecified atom stereocenters. The Bertz CT molecular complexity index is 2840. The number of rotatable bonds is 3. The van der Waals surface area contributed by atoms with Crippen LogP contribution in [0.1, 0.15) is 5.56 Å². The first kappa shape index (κ1) is 26.1. The third-order valence-electron chi connectivity index (χ3n) is 9.85. The fourth-order valence-corrected chi connectivity index (χ4v) is 7.81. The molecule has 0 aliphatic carbocycles. The minimum absolute atomic E-state index is 1.16. The van der Waals surface area contributed by atoms with Crippen molar-refractivity contribution >= 4 is 65.2 Å². The first-order valence-electron chi connectivity index (χ1n) is 16.1. The number of nitrogens with zero attached hydrogens (tertiary/aromatic N) is 3. The molecule has 0 N–H and O–H groups in total. The van der Waals surface area contributed by atoms with E-state index < -0.39 is 0 Å². The van der Waals surface area contributed by atoms with E-state index in [0.29, 0.717) is 0 Å². The minimum atomic E-state index is 1.16. The molecule has 0 amide bonds. The zero-order valence-corrected chi connectivity index (χ0v) is 25.9. The Hall–Kier alpha value is -6.19. The Morgan fingerprint density at radius 3 is 1.68 bits per heavy atom. The maximum absolute atomic E-state index is 4.71. The highest BCUT2D eigenvalue weighted by Crippen LogP contribution is 2.42. The van der Waals surface area contributed by atoms with E-state index in [1.165, 1.54) is 87.5 Å². The zero-order valence-electron chi connectivity index (χ0n) is 25.9. The summed E-state index contributed by atoms with van der Waals surface area (Å²) < 4.78 is 4.79. The third-order valence-corrected chi connectivity index (χ3v) is 9.85. The molecule has 3 aromatic heterocycles. The molecule has 7 aromatic carbocycles. The van der Waals surface area contributed by atoms with Gasteiger partial charge in [-0.2, -0.15) is 0 Å². The van der Waals surface area contributed by atoms with E-state index in [2.05, 4.69) is 162 Å². The quantitative estimate of drug-likeness (QED) is 0.185. The first-order valence-corrected chi connectivity index (χ1v) is 16.1. The standard InChI is InChI=1S/C44H29N3/c1-28-26-45-27-39-36(29-20-21-35-33-16-8-10-18-40(33)46(42(35)23-29)31-12-4-2-5-13-31)22-30-24-43-38(25-37(30)44(28)39)34-17-9-11-19-41(34)47(43)32-14-6-3-7-15-32/h2-27H,1H3. The van der Waals surface area contributed by atoms with Crippen molar-refractivity contribution in [3.8, 4) is 22.5 Å². The largest absolute Gasteiger partial charge is 0.309 e. The molecule has 0 aliphatic rings. The van der Waals surface area contributed by atoms with Crippen molar-refractivity contribution in [2.75, 3.05) is 0 Å². The number of benzene rings is 7. The van der Waals surface area contributed by atoms with Gasteiger partial charge in [0.2, 0.25) is 0 Å². The van der Waals surface area contributed by atoms with Crippen LogP contribution in [0.5, 0.6) is 0 Å². The van der Waals surface area contributed by atoms with Crippen LogP contribution in [-0.2, 0) is 0 Å². The van der Waals surface area contributed by atoms with Gasteiger partial charge in [0.05, 0.1) is 22.1 Å². The summed E-state index contributed by atoms with van der Waals surface area (Å²) in [5.41, 5.74) is 10.7. The maximum Gasteiger partial charge on any atom is 0.0547 e. The Kier molecular flexibility index (Phi) is 5.49. The van der Waals surface area contributed by atoms with E-state index in [4.69, 9.17) is 4.98 Å². The number of fused-ring (bicyclic) bond motifs is 9. The van der Waals surface area contributed by atoms with Crippen LogP contribution in [0.25, 0.3) is 87.7 Å². The topological polar surface area (TPSA) is 22.8 Å². The lowest BCUT2D eigenvalue weighted by Gasteiger charge is -2.15. The number of aromatic nitrogens is 3. The Morgan fingerprint density at radius 1 is 0.426 bits per heavy atom. The van der Waals surface area contributed by atoms with E-state index in [1.807, 2.05) is 12.4 Å². The van der Waals surface area contributed by atoms with E-state index in [0.717, 1.165) is 5.69 Å². The molecule has 0 saturated carbocycles. The van der Waals surface area contributed by atoms with Gasteiger partial charge in [-0.1, -0.05) is 84.9 Å². The van der Waals surface area contributed by atoms with Crippen molar-refractivity contribution in [3.05, 3.63) is 164 Å². The minimum Gasteiger partial charge on any atom is -0.309 e. The van der Waals surface area contributed by atoms with Crippen LogP contribution in [0.4, 0.5) is 0 Å². The molecular formula is C44H29N3. The predicted octanol–water partition coefficient (Wildman–Crippen LogP) is 11.6. The number of pyridine rings is 1. The van der Waals surface area contributed by atoms with E-state index in [1.54, 1.807) is 0 Å². The van der Waals surface area contributed by atoms with Gasteiger partial charge in [-0.15, -0.1) is 0 Å². The van der Waals surface area contributed by atoms with Crippen LogP contribution < -0.4 is 0 Å². The summed E-state index contributed by atoms with van der Waals surface area (Å²) in [4.78, 5) is 4.71. The van der Waals surface area contributed by atoms with Gasteiger partial charge in [0, 0.05) is 50.7 Å². The maximum atomic E-state index is 4.71. The lowest BCUT2D eigenvalue weighted by molar-refractivity contribution is 1.18. The van der Waals surface area contributed by atoms with Crippen LogP contribution in [0.2, 0.25) is 0 Å². The molecular weight excluding hydrogens is 571 g/mol. The number of hydrogen-bond acceptors (Lipinski definition) is 1. The lowest BCUT2D eigenvalue weighted by Crippen LogP contribution is -1.94. The van der Waals surface area contributed by atoms with Crippen molar-refractivity contribution in [1.82, 2.24) is 14.1 Å². The lowest BCUT2D eigenvalue weighted by atomic mass is 9.91. The van der Waals surface area contributed by atoms with Gasteiger partial charge in [0.1, 0.15) is 0 Å². The molecule has 0 bridgehead atoms. The molecule has 0 atom stereocenters. The van der Waals surface area contributed by atoms with Gasteiger partial charge in [0.15, 0.2) is 0 Å². The molecule has 10 aromatic rings. The molecule has 3 nitrogen and oxygen atoms in total. The van der Waals surface area contributed by atoms with E-state index >= 15 is 0 Å². The molecule has 0 spiro atoms. The average molecular weight is 600 g/mol. The molecule has 0 aliphatic heterocycles. The molecule has 10 rings (SSSR count). The number of para-hydroxylation sites is 4. The van der Waals surface area contributed by atoms with Gasteiger partial charge in [-0.25, -0.2) is 0 Å². The highest BCUT2D eigenvalue weighted by atomic mass is 15.0. The monoisotopic (exact) mass is 599 g/mol. The number of aryl methyl sites for hydroxylation is 1. The average Bonchev–Trinajstić information content (AvgIpc) is 3.63. The smallest absolute Gasteiger partial charge is 0.0547 e. The summed E-state index contributed by atoms with van der Waals surface area (Å²) in [6.45, 7) is 2.19. The van der Waals surface area contributed by atoms with Crippen molar-refractivity contribution in [3.63, 3.8) is 0 Å². The summed E-state index contributed by atoms with van der Waals surface area (Å²) in [5, 5.41) is 9.94. The van der Waals surface area contributed by atoms with Gasteiger partial charge >= 0.3 is 0 Å². The molecule has 47 heavy (non-hydrogen) atoms. The fourth-order valence-electron chi connectivity index (χ4n) is 7.81. The molecule has 220 valence electrons. The molecule has 0 radical (unpaired) electrons. The molecule has 3 heteroatoms. The van der Waals surface area contributed by atoms with Gasteiger partial charge in [0.25, 0.3) is 0 Å². The van der Waals surface area contributed by atoms with Crippen molar-refractivity contribution in [2.24, 2.45) is 0 Å². The fraction of sp³-hybridized carbons (Fsp3) is 0.0227. The predicted molar refractivity (Wildman–Crippen MR) is 198 cm³/mol. The second-order valence-electron chi connectivity index (χ2n) is 12.5. The van der Waals surface area contributed by atoms with Crippen LogP contribution in [-0.4, -0.2) is 14.1 Å². The summed E-state index contributed by atoms with van der Waals surface area (Å²) in [6, 6.07) is 52.9. The Labute approximate surface area is 271 Å². The van der Waals surface area contributed by atoms with E-state index in [-0.39, 0.29) is 0 Å². The van der Waals surface area contributed by atoms with Gasteiger partial charge < -0.3 is 9.13 Å². The van der Waals surface area contributed by atoms with Gasteiger partial charge in [-0.3, -0.25) is 4.98 Å². The van der Waals surface area contributed by atoms with Gasteiger partial charge in [-0.05, 0) is 100 Å². The van der Waals surface area contributed by atoms with Crippen LogP contribution in [0.15, 0.2) is 158 Å². The first-order chi connectivity index (χ1) is 23.2. The SMILES string of the molecule is Cc1cncc2c(-c3ccc4c5ccccc5n(-c5ccccc5)c4c3)cc3cc4c(cc3c12)c1ccccc1n4-c1ccccc1.